The Hall–Kier alpha value is -3.18. The number of fused-ring (bicyclic) bond motifs is 1. The molecule has 3 aromatic heterocycles. The van der Waals surface area contributed by atoms with Crippen LogP contribution in [-0.2, 0) is 10.4 Å². The normalized spacial score (nSPS) is 19.6. The molecule has 1 aliphatic carbocycles. The minimum atomic E-state index is -2.83. The zero-order valence-corrected chi connectivity index (χ0v) is 21.6. The Bertz CT molecular complexity index is 1410. The molecule has 2 amide bonds. The molecule has 38 heavy (non-hydrogen) atoms. The molecule has 1 saturated heterocycles. The number of hydrogen-bond acceptors (Lipinski definition) is 5. The standard InChI is InChI=1S/C26H27ClF3N5O3/c1-25(2,38)21-19(33-24(37)17-5-3-4-16(31-17)15-10-26(15,29)30)13-35-12-18(32-23(35)22(21)28)14-6-8-34(9-7-14)20(36)11-27/h3-5,12-15,38H,6-11H2,1-2H3,(H,33,37). The second-order valence-corrected chi connectivity index (χ2v) is 10.7. The summed E-state index contributed by atoms with van der Waals surface area (Å²) in [4.78, 5) is 35.2. The number of carbonyl (C=O) groups is 2. The Labute approximate surface area is 221 Å². The molecule has 1 aliphatic heterocycles. The number of aliphatic hydroxyl groups is 1. The van der Waals surface area contributed by atoms with E-state index in [1.54, 1.807) is 11.1 Å². The molecule has 0 spiro atoms. The van der Waals surface area contributed by atoms with E-state index >= 15 is 4.39 Å². The van der Waals surface area contributed by atoms with Gasteiger partial charge in [-0.2, -0.15) is 0 Å². The molecule has 0 aromatic carbocycles. The van der Waals surface area contributed by atoms with E-state index in [2.05, 4.69) is 15.3 Å². The zero-order valence-electron chi connectivity index (χ0n) is 20.8. The van der Waals surface area contributed by atoms with Crippen LogP contribution in [0.5, 0.6) is 0 Å². The Morgan fingerprint density at radius 3 is 2.47 bits per heavy atom. The first-order valence-corrected chi connectivity index (χ1v) is 12.9. The highest BCUT2D eigenvalue weighted by atomic mass is 35.5. The van der Waals surface area contributed by atoms with Gasteiger partial charge in [0.05, 0.1) is 28.6 Å². The van der Waals surface area contributed by atoms with Crippen LogP contribution in [0.2, 0.25) is 0 Å². The highest BCUT2D eigenvalue weighted by molar-refractivity contribution is 6.27. The van der Waals surface area contributed by atoms with Gasteiger partial charge in [-0.25, -0.2) is 23.1 Å². The van der Waals surface area contributed by atoms with Crippen LogP contribution in [0.4, 0.5) is 18.9 Å². The number of imidazole rings is 1. The molecule has 0 bridgehead atoms. The first-order chi connectivity index (χ1) is 17.9. The summed E-state index contributed by atoms with van der Waals surface area (Å²) in [6.45, 7) is 3.81. The lowest BCUT2D eigenvalue weighted by molar-refractivity contribution is -0.129. The van der Waals surface area contributed by atoms with Crippen molar-refractivity contribution in [3.05, 3.63) is 59.1 Å². The summed E-state index contributed by atoms with van der Waals surface area (Å²) in [7, 11) is 0. The topological polar surface area (TPSA) is 99.8 Å². The Morgan fingerprint density at radius 2 is 1.87 bits per heavy atom. The number of rotatable bonds is 6. The number of carbonyl (C=O) groups excluding carboxylic acids is 2. The smallest absolute Gasteiger partial charge is 0.274 e. The maximum Gasteiger partial charge on any atom is 0.274 e. The molecule has 2 N–H and O–H groups in total. The number of nitrogens with zero attached hydrogens (tertiary/aromatic N) is 4. The van der Waals surface area contributed by atoms with Crippen LogP contribution in [0, 0.1) is 5.82 Å². The van der Waals surface area contributed by atoms with Crippen molar-refractivity contribution in [2.45, 2.75) is 56.5 Å². The van der Waals surface area contributed by atoms with Gasteiger partial charge in [-0.3, -0.25) is 9.59 Å². The molecule has 4 heterocycles. The Balaban J connectivity index is 1.44. The van der Waals surface area contributed by atoms with Crippen LogP contribution in [-0.4, -0.2) is 61.1 Å². The van der Waals surface area contributed by atoms with Crippen LogP contribution in [0.25, 0.3) is 5.65 Å². The minimum Gasteiger partial charge on any atom is -0.386 e. The van der Waals surface area contributed by atoms with Gasteiger partial charge >= 0.3 is 0 Å². The average Bonchev–Trinajstić information content (AvgIpc) is 3.30. The molecule has 1 unspecified atom stereocenters. The number of aromatic nitrogens is 3. The number of pyridine rings is 2. The molecular formula is C26H27ClF3N5O3. The van der Waals surface area contributed by atoms with Crippen LogP contribution >= 0.6 is 11.6 Å². The number of alkyl halides is 3. The van der Waals surface area contributed by atoms with Crippen LogP contribution in [0.15, 0.2) is 30.6 Å². The summed E-state index contributed by atoms with van der Waals surface area (Å²) in [6, 6.07) is 4.30. The van der Waals surface area contributed by atoms with E-state index in [9.17, 15) is 23.5 Å². The third-order valence-corrected chi connectivity index (χ3v) is 7.36. The van der Waals surface area contributed by atoms with Crippen LogP contribution < -0.4 is 5.32 Å². The molecule has 2 aliphatic rings. The molecule has 1 atom stereocenters. The predicted octanol–water partition coefficient (Wildman–Crippen LogP) is 4.42. The molecule has 8 nitrogen and oxygen atoms in total. The molecule has 5 rings (SSSR count). The maximum absolute atomic E-state index is 15.8. The van der Waals surface area contributed by atoms with E-state index in [1.165, 1.54) is 42.6 Å². The number of hydrogen-bond donors (Lipinski definition) is 2. The van der Waals surface area contributed by atoms with Gasteiger partial charge in [-0.15, -0.1) is 11.6 Å². The molecule has 3 aromatic rings. The lowest BCUT2D eigenvalue weighted by Crippen LogP contribution is -2.38. The fraction of sp³-hybridized carbons (Fsp3) is 0.462. The highest BCUT2D eigenvalue weighted by Gasteiger charge is 2.58. The van der Waals surface area contributed by atoms with Gasteiger partial charge in [0.1, 0.15) is 11.6 Å². The molecule has 0 radical (unpaired) electrons. The van der Waals surface area contributed by atoms with Crippen molar-refractivity contribution in [1.82, 2.24) is 19.3 Å². The van der Waals surface area contributed by atoms with Crippen molar-refractivity contribution in [2.24, 2.45) is 0 Å². The second-order valence-electron chi connectivity index (χ2n) is 10.4. The summed E-state index contributed by atoms with van der Waals surface area (Å²) < 4.78 is 44.2. The maximum atomic E-state index is 15.8. The van der Waals surface area contributed by atoms with E-state index in [1.807, 2.05) is 0 Å². The largest absolute Gasteiger partial charge is 0.386 e. The lowest BCUT2D eigenvalue weighted by Gasteiger charge is -2.30. The predicted molar refractivity (Wildman–Crippen MR) is 134 cm³/mol. The van der Waals surface area contributed by atoms with Crippen molar-refractivity contribution >= 4 is 34.7 Å². The van der Waals surface area contributed by atoms with Crippen molar-refractivity contribution in [3.8, 4) is 0 Å². The fourth-order valence-corrected chi connectivity index (χ4v) is 5.17. The quantitative estimate of drug-likeness (QED) is 0.444. The number of amides is 2. The summed E-state index contributed by atoms with van der Waals surface area (Å²) in [5.74, 6) is -5.60. The van der Waals surface area contributed by atoms with E-state index in [-0.39, 0.29) is 52.4 Å². The third-order valence-electron chi connectivity index (χ3n) is 7.13. The number of anilines is 1. The van der Waals surface area contributed by atoms with Crippen molar-refractivity contribution in [3.63, 3.8) is 0 Å². The summed E-state index contributed by atoms with van der Waals surface area (Å²) in [5.41, 5.74) is -1.20. The molecule has 2 fully saturated rings. The number of halogens is 4. The van der Waals surface area contributed by atoms with Gasteiger partial charge in [-0.1, -0.05) is 6.07 Å². The Morgan fingerprint density at radius 1 is 1.18 bits per heavy atom. The van der Waals surface area contributed by atoms with Gasteiger partial charge in [-0.05, 0) is 38.8 Å². The molecule has 1 saturated carbocycles. The number of piperidine rings is 1. The fourth-order valence-electron chi connectivity index (χ4n) is 5.00. The van der Waals surface area contributed by atoms with Gasteiger partial charge in [0.25, 0.3) is 11.8 Å². The molecular weight excluding hydrogens is 523 g/mol. The second kappa shape index (κ2) is 9.53. The first kappa shape index (κ1) is 26.4. The van der Waals surface area contributed by atoms with Gasteiger partial charge in [0.15, 0.2) is 11.5 Å². The molecule has 12 heteroatoms. The Kier molecular flexibility index (Phi) is 6.63. The minimum absolute atomic E-state index is 0.00272. The summed E-state index contributed by atoms with van der Waals surface area (Å²) >= 11 is 5.65. The zero-order chi connectivity index (χ0) is 27.4. The van der Waals surface area contributed by atoms with Crippen molar-refractivity contribution < 1.29 is 27.9 Å². The van der Waals surface area contributed by atoms with Gasteiger partial charge in [0, 0.05) is 43.4 Å². The van der Waals surface area contributed by atoms with E-state index in [0.717, 1.165) is 0 Å². The average molecular weight is 550 g/mol. The highest BCUT2D eigenvalue weighted by Crippen LogP contribution is 2.55. The van der Waals surface area contributed by atoms with Crippen LogP contribution in [0.1, 0.15) is 72.4 Å². The lowest BCUT2D eigenvalue weighted by atomic mass is 9.94. The van der Waals surface area contributed by atoms with Crippen LogP contribution in [0.3, 0.4) is 0 Å². The van der Waals surface area contributed by atoms with Gasteiger partial charge < -0.3 is 19.7 Å². The monoisotopic (exact) mass is 549 g/mol. The SMILES string of the molecule is CC(C)(O)c1c(NC(=O)c2cccc(C3CC3(F)F)n2)cn2cc(C3CCN(C(=O)CCl)CC3)nc2c1F. The number of likely N-dealkylation sites (tertiary alicyclic amines) is 1. The van der Waals surface area contributed by atoms with Crippen molar-refractivity contribution in [1.29, 1.82) is 0 Å². The number of nitrogens with one attached hydrogen (secondary N) is 1. The van der Waals surface area contributed by atoms with E-state index in [4.69, 9.17) is 11.6 Å². The molecule has 202 valence electrons. The summed E-state index contributed by atoms with van der Waals surface area (Å²) in [6.07, 6.45) is 4.09. The van der Waals surface area contributed by atoms with Crippen molar-refractivity contribution in [2.75, 3.05) is 24.3 Å². The first-order valence-electron chi connectivity index (χ1n) is 12.3. The third kappa shape index (κ3) is 4.96. The van der Waals surface area contributed by atoms with E-state index in [0.29, 0.717) is 31.6 Å². The van der Waals surface area contributed by atoms with Gasteiger partial charge in [0.2, 0.25) is 5.91 Å². The van der Waals surface area contributed by atoms with E-state index < -0.39 is 29.2 Å². The summed E-state index contributed by atoms with van der Waals surface area (Å²) in [5, 5.41) is 13.4.